The molecule has 0 spiro atoms. The molecule has 7 N–H and O–H groups in total. The lowest BCUT2D eigenvalue weighted by atomic mass is 10.0. The van der Waals surface area contributed by atoms with Crippen LogP contribution in [0, 0.1) is 0 Å². The summed E-state index contributed by atoms with van der Waals surface area (Å²) in [6, 6.07) is 0.440. The number of nitrogens with one attached hydrogen (secondary N) is 2. The zero-order chi connectivity index (χ0) is 17.9. The molecule has 24 heavy (non-hydrogen) atoms. The van der Waals surface area contributed by atoms with E-state index in [1.807, 2.05) is 11.8 Å². The average Bonchev–Trinajstić information content (AvgIpc) is 3.04. The number of aliphatic carboxylic acids is 1. The Bertz CT molecular complexity index is 396. The second-order valence-corrected chi connectivity index (χ2v) is 7.69. The Morgan fingerprint density at radius 2 is 2.04 bits per heavy atom. The Labute approximate surface area is 148 Å². The number of carbonyl (C=O) groups excluding carboxylic acids is 1. The van der Waals surface area contributed by atoms with E-state index in [0.29, 0.717) is 5.25 Å². The second kappa shape index (κ2) is 11.5. The molecule has 2 amide bonds. The van der Waals surface area contributed by atoms with Crippen LogP contribution in [-0.4, -0.2) is 46.4 Å². The first-order valence-corrected chi connectivity index (χ1v) is 9.90. The molecule has 2 saturated heterocycles. The number of fused-ring (bicyclic) bond motifs is 1. The topological polar surface area (TPSA) is 130 Å². The minimum Gasteiger partial charge on any atom is -0.481 e. The first-order chi connectivity index (χ1) is 11.4. The zero-order valence-electron chi connectivity index (χ0n) is 14.5. The van der Waals surface area contributed by atoms with Crippen LogP contribution in [0.1, 0.15) is 58.3 Å². The van der Waals surface area contributed by atoms with Gasteiger partial charge in [-0.2, -0.15) is 11.8 Å². The monoisotopic (exact) mass is 360 g/mol. The lowest BCUT2D eigenvalue weighted by Gasteiger charge is -2.16. The first-order valence-electron chi connectivity index (χ1n) is 8.85. The average molecular weight is 361 g/mol. The predicted molar refractivity (Wildman–Crippen MR) is 97.9 cm³/mol. The molecule has 0 radical (unpaired) electrons. The van der Waals surface area contributed by atoms with E-state index in [1.54, 1.807) is 0 Å². The number of unbranched alkanes of at least 4 members (excludes halogenated alkanes) is 3. The molecule has 140 valence electrons. The maximum atomic E-state index is 11.1. The third-order valence-electron chi connectivity index (χ3n) is 4.21. The largest absolute Gasteiger partial charge is 0.481 e. The van der Waals surface area contributed by atoms with E-state index in [9.17, 15) is 9.59 Å². The molecule has 0 aliphatic carbocycles. The van der Waals surface area contributed by atoms with Crippen LogP contribution in [0.2, 0.25) is 0 Å². The fourth-order valence-corrected chi connectivity index (χ4v) is 4.44. The standard InChI is InChI=1S/C10H16N2O3S.C6H16N2/c13-8(14)4-2-1-3-7-9-6(5-16-7)11-10(15)12-9;1-2-3-4-5-6(7)8/h6-7,9H,1-5H2,(H,13,14)(H2,11,12,15);6H,2-5,7-8H2,1H3/t6-,7-,9-;/m0./s1. The Morgan fingerprint density at radius 3 is 2.67 bits per heavy atom. The molecule has 2 fully saturated rings. The van der Waals surface area contributed by atoms with E-state index in [0.717, 1.165) is 31.4 Å². The summed E-state index contributed by atoms with van der Waals surface area (Å²) in [5.41, 5.74) is 10.6. The van der Waals surface area contributed by atoms with Crippen molar-refractivity contribution in [2.45, 2.75) is 81.8 Å². The zero-order valence-corrected chi connectivity index (χ0v) is 15.3. The number of hydrogen-bond acceptors (Lipinski definition) is 5. The highest BCUT2D eigenvalue weighted by Gasteiger charge is 2.42. The predicted octanol–water partition coefficient (Wildman–Crippen LogP) is 1.61. The molecule has 0 aromatic rings. The van der Waals surface area contributed by atoms with Crippen molar-refractivity contribution in [1.29, 1.82) is 0 Å². The Balaban J connectivity index is 0.000000307. The molecular weight excluding hydrogens is 328 g/mol. The first kappa shape index (κ1) is 21.1. The minimum absolute atomic E-state index is 0.0640. The molecule has 2 heterocycles. The molecule has 0 aromatic carbocycles. The van der Waals surface area contributed by atoms with Gasteiger partial charge in [0, 0.05) is 17.4 Å². The van der Waals surface area contributed by atoms with Gasteiger partial charge in [0.05, 0.1) is 18.2 Å². The van der Waals surface area contributed by atoms with Gasteiger partial charge in [-0.3, -0.25) is 4.79 Å². The second-order valence-electron chi connectivity index (χ2n) is 6.42. The van der Waals surface area contributed by atoms with Gasteiger partial charge in [0.15, 0.2) is 0 Å². The molecule has 0 saturated carbocycles. The molecule has 2 rings (SSSR count). The lowest BCUT2D eigenvalue weighted by Crippen LogP contribution is -2.36. The van der Waals surface area contributed by atoms with Gasteiger partial charge in [-0.25, -0.2) is 4.79 Å². The van der Waals surface area contributed by atoms with E-state index in [-0.39, 0.29) is 30.7 Å². The van der Waals surface area contributed by atoms with Crippen LogP contribution in [-0.2, 0) is 4.79 Å². The van der Waals surface area contributed by atoms with E-state index in [1.165, 1.54) is 19.3 Å². The van der Waals surface area contributed by atoms with Crippen molar-refractivity contribution in [3.8, 4) is 0 Å². The number of hydrogen-bond donors (Lipinski definition) is 5. The van der Waals surface area contributed by atoms with Gasteiger partial charge in [0.25, 0.3) is 0 Å². The van der Waals surface area contributed by atoms with Gasteiger partial charge in [0.2, 0.25) is 0 Å². The van der Waals surface area contributed by atoms with Gasteiger partial charge in [-0.05, 0) is 19.3 Å². The van der Waals surface area contributed by atoms with Gasteiger partial charge in [-0.1, -0.05) is 32.6 Å². The summed E-state index contributed by atoms with van der Waals surface area (Å²) in [4.78, 5) is 21.5. The van der Waals surface area contributed by atoms with Gasteiger partial charge in [-0.15, -0.1) is 0 Å². The highest BCUT2D eigenvalue weighted by Crippen LogP contribution is 2.33. The minimum atomic E-state index is -0.729. The highest BCUT2D eigenvalue weighted by atomic mass is 32.2. The maximum absolute atomic E-state index is 11.1. The highest BCUT2D eigenvalue weighted by molar-refractivity contribution is 8.00. The summed E-state index contributed by atoms with van der Waals surface area (Å²) in [5.74, 6) is 0.236. The fraction of sp³-hybridized carbons (Fsp3) is 0.875. The van der Waals surface area contributed by atoms with E-state index in [4.69, 9.17) is 16.6 Å². The van der Waals surface area contributed by atoms with E-state index in [2.05, 4.69) is 17.6 Å². The summed E-state index contributed by atoms with van der Waals surface area (Å²) in [6.07, 6.45) is 7.42. The quantitative estimate of drug-likeness (QED) is 0.241. The van der Waals surface area contributed by atoms with Crippen molar-refractivity contribution in [3.63, 3.8) is 0 Å². The molecule has 0 bridgehead atoms. The fourth-order valence-electron chi connectivity index (χ4n) is 2.89. The summed E-state index contributed by atoms with van der Waals surface area (Å²) in [5, 5.41) is 14.8. The Hall–Kier alpha value is -0.990. The molecule has 8 heteroatoms. The number of carboxylic acid groups (broad SMARTS) is 1. The van der Waals surface area contributed by atoms with Crippen LogP contribution in [0.4, 0.5) is 4.79 Å². The SMILES string of the molecule is CCCCCC(N)N.O=C(O)CCCC[C@@H]1SC[C@@H]2NC(=O)N[C@@H]21. The van der Waals surface area contributed by atoms with Crippen LogP contribution in [0.3, 0.4) is 0 Å². The van der Waals surface area contributed by atoms with Crippen molar-refractivity contribution >= 4 is 23.8 Å². The Morgan fingerprint density at radius 1 is 1.29 bits per heavy atom. The van der Waals surface area contributed by atoms with Gasteiger partial charge >= 0.3 is 12.0 Å². The van der Waals surface area contributed by atoms with Gasteiger partial charge in [0.1, 0.15) is 0 Å². The lowest BCUT2D eigenvalue weighted by molar-refractivity contribution is -0.137. The maximum Gasteiger partial charge on any atom is 0.315 e. The van der Waals surface area contributed by atoms with Gasteiger partial charge < -0.3 is 27.2 Å². The van der Waals surface area contributed by atoms with Crippen LogP contribution in [0.5, 0.6) is 0 Å². The molecule has 0 unspecified atom stereocenters. The van der Waals surface area contributed by atoms with Crippen molar-refractivity contribution in [1.82, 2.24) is 10.6 Å². The summed E-state index contributed by atoms with van der Waals surface area (Å²) in [7, 11) is 0. The van der Waals surface area contributed by atoms with Crippen LogP contribution < -0.4 is 22.1 Å². The molecule has 3 atom stereocenters. The number of thioether (sulfide) groups is 1. The van der Waals surface area contributed by atoms with E-state index >= 15 is 0 Å². The molecule has 2 aliphatic heterocycles. The normalized spacial score (nSPS) is 24.8. The van der Waals surface area contributed by atoms with Crippen molar-refractivity contribution in [2.75, 3.05) is 5.75 Å². The number of amides is 2. The number of rotatable bonds is 9. The Kier molecular flexibility index (Phi) is 10.1. The molecule has 7 nitrogen and oxygen atoms in total. The third-order valence-corrected chi connectivity index (χ3v) is 5.72. The smallest absolute Gasteiger partial charge is 0.315 e. The van der Waals surface area contributed by atoms with Crippen molar-refractivity contribution in [2.24, 2.45) is 11.5 Å². The van der Waals surface area contributed by atoms with Crippen LogP contribution >= 0.6 is 11.8 Å². The molecule has 0 aromatic heterocycles. The van der Waals surface area contributed by atoms with Crippen LogP contribution in [0.15, 0.2) is 0 Å². The van der Waals surface area contributed by atoms with Crippen molar-refractivity contribution in [3.05, 3.63) is 0 Å². The summed E-state index contributed by atoms with van der Waals surface area (Å²) >= 11 is 1.87. The van der Waals surface area contributed by atoms with Crippen molar-refractivity contribution < 1.29 is 14.7 Å². The summed E-state index contributed by atoms with van der Waals surface area (Å²) < 4.78 is 0. The molecule has 2 aliphatic rings. The van der Waals surface area contributed by atoms with E-state index < -0.39 is 5.97 Å². The molecular formula is C16H32N4O3S. The number of nitrogens with two attached hydrogens (primary N) is 2. The third kappa shape index (κ3) is 8.21. The number of carboxylic acids is 1. The summed E-state index contributed by atoms with van der Waals surface area (Å²) in [6.45, 7) is 2.17. The number of urea groups is 1. The van der Waals surface area contributed by atoms with Crippen LogP contribution in [0.25, 0.3) is 0 Å². The number of carbonyl (C=O) groups is 2.